The van der Waals surface area contributed by atoms with Crippen molar-refractivity contribution in [2.24, 2.45) is 16.8 Å². The van der Waals surface area contributed by atoms with Gasteiger partial charge in [0, 0.05) is 32.1 Å². The van der Waals surface area contributed by atoms with E-state index >= 15 is 0 Å². The van der Waals surface area contributed by atoms with Gasteiger partial charge in [-0.05, 0) is 62.7 Å². The lowest BCUT2D eigenvalue weighted by Gasteiger charge is -2.30. The van der Waals surface area contributed by atoms with E-state index in [1.165, 1.54) is 37.1 Å². The minimum atomic E-state index is 0.189. The van der Waals surface area contributed by atoms with Crippen LogP contribution in [-0.4, -0.2) is 49.5 Å². The number of hydrogen-bond acceptors (Lipinski definition) is 3. The topological polar surface area (TPSA) is 68.8 Å². The van der Waals surface area contributed by atoms with Crippen LogP contribution < -0.4 is 16.0 Å². The molecule has 2 aliphatic rings. The second kappa shape index (κ2) is 11.2. The van der Waals surface area contributed by atoms with Gasteiger partial charge >= 0.3 is 0 Å². The highest BCUT2D eigenvalue weighted by Crippen LogP contribution is 2.28. The van der Waals surface area contributed by atoms with E-state index in [1.807, 2.05) is 0 Å². The summed E-state index contributed by atoms with van der Waals surface area (Å²) in [7, 11) is 0. The Hall–Kier alpha value is -2.08. The molecule has 1 aliphatic carbocycles. The fourth-order valence-electron chi connectivity index (χ4n) is 3.67. The predicted molar refractivity (Wildman–Crippen MR) is 119 cm³/mol. The largest absolute Gasteiger partial charge is 0.357 e. The van der Waals surface area contributed by atoms with Gasteiger partial charge in [-0.15, -0.1) is 0 Å². The van der Waals surface area contributed by atoms with Gasteiger partial charge in [0.05, 0.1) is 6.54 Å². The Morgan fingerprint density at radius 2 is 1.79 bits per heavy atom. The molecule has 6 heteroatoms. The fraction of sp³-hybridized carbons (Fsp3) is 0.652. The predicted octanol–water partition coefficient (Wildman–Crippen LogP) is 2.50. The number of carbonyl (C=O) groups excluding carboxylic acids is 1. The van der Waals surface area contributed by atoms with Crippen molar-refractivity contribution in [3.63, 3.8) is 0 Å². The molecule has 1 amide bonds. The van der Waals surface area contributed by atoms with Crippen LogP contribution in [-0.2, 0) is 17.9 Å². The Morgan fingerprint density at radius 1 is 1.07 bits per heavy atom. The number of guanidine groups is 1. The molecule has 0 radical (unpaired) electrons. The molecule has 6 nitrogen and oxygen atoms in total. The van der Waals surface area contributed by atoms with E-state index in [1.54, 1.807) is 0 Å². The molecule has 1 aromatic carbocycles. The fourth-order valence-corrected chi connectivity index (χ4v) is 3.67. The van der Waals surface area contributed by atoms with Crippen molar-refractivity contribution in [2.75, 3.05) is 32.7 Å². The van der Waals surface area contributed by atoms with Crippen molar-refractivity contribution >= 4 is 11.9 Å². The van der Waals surface area contributed by atoms with Gasteiger partial charge in [0.25, 0.3) is 0 Å². The summed E-state index contributed by atoms with van der Waals surface area (Å²) in [5, 5.41) is 9.56. The van der Waals surface area contributed by atoms with Crippen LogP contribution in [0.15, 0.2) is 29.3 Å². The third-order valence-corrected chi connectivity index (χ3v) is 5.70. The first kappa shape index (κ1) is 21.6. The maximum Gasteiger partial charge on any atom is 0.223 e. The molecule has 0 aromatic heterocycles. The van der Waals surface area contributed by atoms with E-state index in [0.29, 0.717) is 19.6 Å². The smallest absolute Gasteiger partial charge is 0.223 e. The van der Waals surface area contributed by atoms with Crippen LogP contribution in [0.25, 0.3) is 0 Å². The van der Waals surface area contributed by atoms with Gasteiger partial charge in [0.1, 0.15) is 0 Å². The molecule has 0 unspecified atom stereocenters. The van der Waals surface area contributed by atoms with Crippen LogP contribution in [0.4, 0.5) is 0 Å². The number of nitrogens with zero attached hydrogens (tertiary/aromatic N) is 2. The molecule has 160 valence electrons. The zero-order chi connectivity index (χ0) is 20.5. The average Bonchev–Trinajstić information content (AvgIpc) is 3.57. The highest BCUT2D eigenvalue weighted by molar-refractivity contribution is 5.81. The van der Waals surface area contributed by atoms with Gasteiger partial charge in [-0.2, -0.15) is 0 Å². The van der Waals surface area contributed by atoms with E-state index in [4.69, 9.17) is 4.99 Å². The molecule has 1 saturated heterocycles. The monoisotopic (exact) mass is 399 g/mol. The maximum absolute atomic E-state index is 11.7. The van der Waals surface area contributed by atoms with Gasteiger partial charge in [-0.25, -0.2) is 4.99 Å². The van der Waals surface area contributed by atoms with Crippen LogP contribution in [0, 0.1) is 11.8 Å². The lowest BCUT2D eigenvalue weighted by molar-refractivity contribution is -0.122. The van der Waals surface area contributed by atoms with E-state index < -0.39 is 0 Å². The molecule has 3 rings (SSSR count). The number of amides is 1. The normalized spacial score (nSPS) is 18.5. The van der Waals surface area contributed by atoms with Crippen molar-refractivity contribution in [3.8, 4) is 0 Å². The molecule has 1 aliphatic heterocycles. The second-order valence-corrected chi connectivity index (χ2v) is 8.47. The summed E-state index contributed by atoms with van der Waals surface area (Å²) in [5.41, 5.74) is 2.60. The minimum absolute atomic E-state index is 0.189. The number of aliphatic imine (C=N–C) groups is 1. The standard InChI is InChI=1S/C23H37N5O/c1-3-24-23(26-12-11-25-22(29)21-7-8-21)27-16-19-5-4-6-20(15-19)17-28-13-9-18(2)10-14-28/h4-6,15,18,21H,3,7-14,16-17H2,1-2H3,(H,25,29)(H2,24,26,27). The summed E-state index contributed by atoms with van der Waals surface area (Å²) in [6, 6.07) is 8.78. The third kappa shape index (κ3) is 7.69. The molecule has 0 spiro atoms. The third-order valence-electron chi connectivity index (χ3n) is 5.70. The minimum Gasteiger partial charge on any atom is -0.357 e. The first-order valence-corrected chi connectivity index (χ1v) is 11.2. The molecule has 1 saturated carbocycles. The van der Waals surface area contributed by atoms with Crippen molar-refractivity contribution in [2.45, 2.75) is 52.6 Å². The van der Waals surface area contributed by atoms with Crippen molar-refractivity contribution in [1.29, 1.82) is 0 Å². The maximum atomic E-state index is 11.7. The first-order chi connectivity index (χ1) is 14.1. The highest BCUT2D eigenvalue weighted by atomic mass is 16.2. The van der Waals surface area contributed by atoms with Crippen LogP contribution in [0.3, 0.4) is 0 Å². The second-order valence-electron chi connectivity index (χ2n) is 8.47. The Bertz CT molecular complexity index is 678. The molecule has 3 N–H and O–H groups in total. The van der Waals surface area contributed by atoms with E-state index in [-0.39, 0.29) is 11.8 Å². The molecule has 0 bridgehead atoms. The number of hydrogen-bond donors (Lipinski definition) is 3. The Balaban J connectivity index is 1.45. The quantitative estimate of drug-likeness (QED) is 0.339. The van der Waals surface area contributed by atoms with Gasteiger partial charge in [0.2, 0.25) is 5.91 Å². The van der Waals surface area contributed by atoms with Gasteiger partial charge < -0.3 is 16.0 Å². The number of piperidine rings is 1. The molecule has 1 aromatic rings. The molecular formula is C23H37N5O. The van der Waals surface area contributed by atoms with Crippen molar-refractivity contribution in [3.05, 3.63) is 35.4 Å². The van der Waals surface area contributed by atoms with Gasteiger partial charge in [0.15, 0.2) is 5.96 Å². The Labute approximate surface area is 175 Å². The summed E-state index contributed by atoms with van der Waals surface area (Å²) in [4.78, 5) is 19.0. The number of rotatable bonds is 9. The molecule has 1 heterocycles. The van der Waals surface area contributed by atoms with E-state index in [0.717, 1.165) is 37.8 Å². The van der Waals surface area contributed by atoms with E-state index in [9.17, 15) is 4.79 Å². The lowest BCUT2D eigenvalue weighted by atomic mass is 9.98. The highest BCUT2D eigenvalue weighted by Gasteiger charge is 2.28. The van der Waals surface area contributed by atoms with Crippen LogP contribution in [0.2, 0.25) is 0 Å². The van der Waals surface area contributed by atoms with Crippen molar-refractivity contribution in [1.82, 2.24) is 20.9 Å². The van der Waals surface area contributed by atoms with Crippen LogP contribution in [0.5, 0.6) is 0 Å². The van der Waals surface area contributed by atoms with Gasteiger partial charge in [-0.1, -0.05) is 31.2 Å². The SMILES string of the molecule is CCNC(=NCc1cccc(CN2CCC(C)CC2)c1)NCCNC(=O)C1CC1. The molecule has 0 atom stereocenters. The molecule has 2 fully saturated rings. The average molecular weight is 400 g/mol. The van der Waals surface area contributed by atoms with Crippen molar-refractivity contribution < 1.29 is 4.79 Å². The summed E-state index contributed by atoms with van der Waals surface area (Å²) >= 11 is 0. The first-order valence-electron chi connectivity index (χ1n) is 11.2. The number of likely N-dealkylation sites (tertiary alicyclic amines) is 1. The molecular weight excluding hydrogens is 362 g/mol. The Morgan fingerprint density at radius 3 is 2.52 bits per heavy atom. The summed E-state index contributed by atoms with van der Waals surface area (Å²) in [5.74, 6) is 2.11. The molecule has 29 heavy (non-hydrogen) atoms. The lowest BCUT2D eigenvalue weighted by Crippen LogP contribution is -2.41. The zero-order valence-corrected chi connectivity index (χ0v) is 18.0. The zero-order valence-electron chi connectivity index (χ0n) is 18.0. The Kier molecular flexibility index (Phi) is 8.35. The number of benzene rings is 1. The summed E-state index contributed by atoms with van der Waals surface area (Å²) in [6.45, 7) is 10.6. The van der Waals surface area contributed by atoms with Crippen LogP contribution >= 0.6 is 0 Å². The van der Waals surface area contributed by atoms with E-state index in [2.05, 4.69) is 59.0 Å². The summed E-state index contributed by atoms with van der Waals surface area (Å²) < 4.78 is 0. The van der Waals surface area contributed by atoms with Crippen LogP contribution in [0.1, 0.15) is 50.7 Å². The number of carbonyl (C=O) groups is 1. The summed E-state index contributed by atoms with van der Waals surface area (Å²) in [6.07, 6.45) is 4.70. The number of nitrogens with one attached hydrogen (secondary N) is 3. The van der Waals surface area contributed by atoms with Gasteiger partial charge in [-0.3, -0.25) is 9.69 Å².